The van der Waals surface area contributed by atoms with Crippen molar-refractivity contribution < 1.29 is 37.0 Å². The highest BCUT2D eigenvalue weighted by molar-refractivity contribution is 7.59. The molecule has 3 aromatic rings. The second-order valence-corrected chi connectivity index (χ2v) is 9.44. The summed E-state index contributed by atoms with van der Waals surface area (Å²) in [5.41, 5.74) is 1.34. The molecule has 0 saturated carbocycles. The average Bonchev–Trinajstić information content (AvgIpc) is 2.90. The van der Waals surface area contributed by atoms with E-state index in [0.717, 1.165) is 37.4 Å². The first-order chi connectivity index (χ1) is 18.6. The van der Waals surface area contributed by atoms with Crippen molar-refractivity contribution in [2.24, 2.45) is 0 Å². The summed E-state index contributed by atoms with van der Waals surface area (Å²) < 4.78 is 59.6. The van der Waals surface area contributed by atoms with E-state index in [-0.39, 0.29) is 19.9 Å². The molecule has 1 aliphatic carbocycles. The van der Waals surface area contributed by atoms with Gasteiger partial charge in [-0.3, -0.25) is 9.78 Å². The van der Waals surface area contributed by atoms with Gasteiger partial charge in [0, 0.05) is 17.8 Å². The van der Waals surface area contributed by atoms with Gasteiger partial charge in [-0.25, -0.2) is 9.18 Å². The van der Waals surface area contributed by atoms with Gasteiger partial charge in [0.2, 0.25) is 0 Å². The molecule has 1 heterocycles. The number of aromatic nitrogens is 1. The quantitative estimate of drug-likeness (QED) is 0.239. The van der Waals surface area contributed by atoms with E-state index in [1.807, 2.05) is 5.32 Å². The van der Waals surface area contributed by atoms with Gasteiger partial charge in [-0.15, -0.1) is 0 Å². The SMILES string of the molecule is O=C(N[C@@H](Cc1ccc(OCCCc2ccc3c(n2)CCCC3)cc1)C(=O)O)c1c(F)cccc1C(F)(F)F.S. The van der Waals surface area contributed by atoms with E-state index >= 15 is 0 Å². The van der Waals surface area contributed by atoms with Crippen LogP contribution in [0.3, 0.4) is 0 Å². The predicted octanol–water partition coefficient (Wildman–Crippen LogP) is 5.67. The monoisotopic (exact) mass is 578 g/mol. The normalized spacial score (nSPS) is 13.5. The van der Waals surface area contributed by atoms with Crippen LogP contribution in [0, 0.1) is 5.82 Å². The lowest BCUT2D eigenvalue weighted by atomic mass is 9.95. The molecule has 2 aromatic carbocycles. The number of benzene rings is 2. The number of hydrogen-bond donors (Lipinski definition) is 2. The number of fused-ring (bicyclic) bond motifs is 1. The van der Waals surface area contributed by atoms with E-state index in [4.69, 9.17) is 9.72 Å². The molecule has 1 aromatic heterocycles. The van der Waals surface area contributed by atoms with Crippen LogP contribution in [0.15, 0.2) is 54.6 Å². The molecule has 214 valence electrons. The molecule has 1 amide bonds. The van der Waals surface area contributed by atoms with Crippen LogP contribution in [-0.2, 0) is 36.7 Å². The third-order valence-electron chi connectivity index (χ3n) is 6.59. The Kier molecular flexibility index (Phi) is 10.6. The molecule has 0 aliphatic heterocycles. The maximum Gasteiger partial charge on any atom is 0.417 e. The summed E-state index contributed by atoms with van der Waals surface area (Å²) in [6, 6.07) is 11.3. The van der Waals surface area contributed by atoms with E-state index in [0.29, 0.717) is 30.1 Å². The van der Waals surface area contributed by atoms with Crippen molar-refractivity contribution in [1.82, 2.24) is 10.3 Å². The van der Waals surface area contributed by atoms with Crippen molar-refractivity contribution in [3.05, 3.63) is 94.1 Å². The first-order valence-electron chi connectivity index (χ1n) is 12.7. The van der Waals surface area contributed by atoms with Gasteiger partial charge in [-0.05, 0) is 80.0 Å². The molecule has 0 fully saturated rings. The maximum absolute atomic E-state index is 14.1. The second kappa shape index (κ2) is 13.6. The number of pyridine rings is 1. The van der Waals surface area contributed by atoms with Crippen molar-refractivity contribution in [3.8, 4) is 5.75 Å². The number of carbonyl (C=O) groups is 2. The summed E-state index contributed by atoms with van der Waals surface area (Å²) in [6.07, 6.45) is 0.832. The summed E-state index contributed by atoms with van der Waals surface area (Å²) in [7, 11) is 0. The molecular formula is C29H30F4N2O4S. The zero-order valence-electron chi connectivity index (χ0n) is 21.6. The van der Waals surface area contributed by atoms with Crippen molar-refractivity contribution in [3.63, 3.8) is 0 Å². The zero-order valence-corrected chi connectivity index (χ0v) is 22.6. The van der Waals surface area contributed by atoms with E-state index < -0.39 is 41.0 Å². The molecule has 1 aliphatic rings. The van der Waals surface area contributed by atoms with Crippen molar-refractivity contribution in [2.75, 3.05) is 6.61 Å². The lowest BCUT2D eigenvalue weighted by molar-refractivity contribution is -0.139. The number of nitrogens with one attached hydrogen (secondary N) is 1. The minimum Gasteiger partial charge on any atom is -0.494 e. The summed E-state index contributed by atoms with van der Waals surface area (Å²) in [4.78, 5) is 29.0. The third-order valence-corrected chi connectivity index (χ3v) is 6.59. The molecule has 2 N–H and O–H groups in total. The molecule has 6 nitrogen and oxygen atoms in total. The Morgan fingerprint density at radius 2 is 1.75 bits per heavy atom. The Morgan fingerprint density at radius 3 is 2.45 bits per heavy atom. The number of aliphatic carboxylic acids is 1. The Balaban J connectivity index is 0.00000441. The molecule has 1 atom stereocenters. The van der Waals surface area contributed by atoms with E-state index in [1.165, 1.54) is 24.1 Å². The Labute approximate surface area is 236 Å². The standard InChI is InChI=1S/C29H28F4N2O4.H2S/c30-23-8-3-7-22(29(31,32)33)26(23)27(36)35-25(28(37)38)17-18-10-14-21(15-11-18)39-16-4-6-20-13-12-19-5-1-2-9-24(19)34-20;/h3,7-8,10-15,25H,1-2,4-6,9,16-17H2,(H,35,36)(H,37,38);1H2/t25-;/m0./s1. The molecule has 40 heavy (non-hydrogen) atoms. The number of hydrogen-bond acceptors (Lipinski definition) is 4. The molecular weight excluding hydrogens is 548 g/mol. The smallest absolute Gasteiger partial charge is 0.417 e. The number of nitrogens with zero attached hydrogens (tertiary/aromatic N) is 1. The minimum atomic E-state index is -4.99. The number of rotatable bonds is 10. The maximum atomic E-state index is 14.1. The number of aryl methyl sites for hydroxylation is 3. The van der Waals surface area contributed by atoms with Crippen molar-refractivity contribution in [2.45, 2.75) is 57.2 Å². The number of amides is 1. The van der Waals surface area contributed by atoms with Gasteiger partial charge in [0.05, 0.1) is 17.7 Å². The summed E-state index contributed by atoms with van der Waals surface area (Å²) in [5.74, 6) is -3.75. The largest absolute Gasteiger partial charge is 0.494 e. The van der Waals surface area contributed by atoms with Crippen LogP contribution in [0.5, 0.6) is 5.75 Å². The van der Waals surface area contributed by atoms with E-state index in [9.17, 15) is 32.3 Å². The highest BCUT2D eigenvalue weighted by Crippen LogP contribution is 2.33. The number of ether oxygens (including phenoxy) is 1. The highest BCUT2D eigenvalue weighted by atomic mass is 32.1. The second-order valence-electron chi connectivity index (χ2n) is 9.44. The number of halogens is 4. The van der Waals surface area contributed by atoms with Crippen LogP contribution in [-0.4, -0.2) is 34.6 Å². The zero-order chi connectivity index (χ0) is 28.0. The molecule has 4 rings (SSSR count). The van der Waals surface area contributed by atoms with Crippen LogP contribution in [0.2, 0.25) is 0 Å². The molecule has 11 heteroatoms. The molecule has 0 bridgehead atoms. The lowest BCUT2D eigenvalue weighted by Gasteiger charge is -2.18. The third kappa shape index (κ3) is 7.97. The van der Waals surface area contributed by atoms with Gasteiger partial charge >= 0.3 is 12.1 Å². The Bertz CT molecular complexity index is 1330. The topological polar surface area (TPSA) is 88.5 Å². The van der Waals surface area contributed by atoms with Gasteiger partial charge in [-0.2, -0.15) is 26.7 Å². The Morgan fingerprint density at radius 1 is 1.02 bits per heavy atom. The number of carbonyl (C=O) groups excluding carboxylic acids is 1. The fraction of sp³-hybridized carbons (Fsp3) is 0.345. The van der Waals surface area contributed by atoms with Crippen LogP contribution < -0.4 is 10.1 Å². The summed E-state index contributed by atoms with van der Waals surface area (Å²) in [5, 5.41) is 11.5. The molecule has 0 spiro atoms. The average molecular weight is 579 g/mol. The Hall–Kier alpha value is -3.60. The van der Waals surface area contributed by atoms with Crippen molar-refractivity contribution >= 4 is 25.4 Å². The van der Waals surface area contributed by atoms with Crippen LogP contribution in [0.4, 0.5) is 17.6 Å². The van der Waals surface area contributed by atoms with Crippen LogP contribution in [0.25, 0.3) is 0 Å². The highest BCUT2D eigenvalue weighted by Gasteiger charge is 2.37. The van der Waals surface area contributed by atoms with Gasteiger partial charge in [0.15, 0.2) is 0 Å². The fourth-order valence-electron chi connectivity index (χ4n) is 4.59. The first-order valence-corrected chi connectivity index (χ1v) is 12.7. The minimum absolute atomic E-state index is 0. The van der Waals surface area contributed by atoms with Gasteiger partial charge in [-0.1, -0.05) is 24.3 Å². The number of alkyl halides is 3. The van der Waals surface area contributed by atoms with Crippen molar-refractivity contribution in [1.29, 1.82) is 0 Å². The fourth-order valence-corrected chi connectivity index (χ4v) is 4.59. The lowest BCUT2D eigenvalue weighted by Crippen LogP contribution is -2.43. The number of carboxylic acids is 1. The molecule has 0 radical (unpaired) electrons. The van der Waals surface area contributed by atoms with Gasteiger partial charge in [0.1, 0.15) is 17.6 Å². The van der Waals surface area contributed by atoms with Gasteiger partial charge < -0.3 is 15.2 Å². The van der Waals surface area contributed by atoms with Gasteiger partial charge in [0.25, 0.3) is 5.91 Å². The molecule has 0 unspecified atom stereocenters. The van der Waals surface area contributed by atoms with Crippen LogP contribution in [0.1, 0.15) is 57.7 Å². The molecule has 0 saturated heterocycles. The number of carboxylic acid groups (broad SMARTS) is 1. The summed E-state index contributed by atoms with van der Waals surface area (Å²) in [6.45, 7) is 0.454. The van der Waals surface area contributed by atoms with Crippen LogP contribution >= 0.6 is 13.5 Å². The summed E-state index contributed by atoms with van der Waals surface area (Å²) >= 11 is 0. The van der Waals surface area contributed by atoms with E-state index in [2.05, 4.69) is 12.1 Å². The predicted molar refractivity (Wildman–Crippen MR) is 146 cm³/mol. The first kappa shape index (κ1) is 30.9. The van der Waals surface area contributed by atoms with E-state index in [1.54, 1.807) is 24.3 Å².